The molecule has 0 aliphatic carbocycles. The van der Waals surface area contributed by atoms with Gasteiger partial charge in [0.25, 0.3) is 0 Å². The van der Waals surface area contributed by atoms with E-state index < -0.39 is 0 Å². The molecule has 0 saturated heterocycles. The number of para-hydroxylation sites is 2. The fraction of sp³-hybridized carbons (Fsp3) is 0. The van der Waals surface area contributed by atoms with E-state index in [1.807, 2.05) is 54.6 Å². The molecule has 7 rings (SSSR count). The summed E-state index contributed by atoms with van der Waals surface area (Å²) in [7, 11) is 0. The second-order valence-corrected chi connectivity index (χ2v) is 8.71. The second kappa shape index (κ2) is 5.85. The zero-order chi connectivity index (χ0) is 19.8. The highest BCUT2D eigenvalue weighted by molar-refractivity contribution is 7.22. The predicted octanol–water partition coefficient (Wildman–Crippen LogP) is 8.42. The van der Waals surface area contributed by atoms with E-state index in [2.05, 4.69) is 18.2 Å². The molecule has 3 heterocycles. The van der Waals surface area contributed by atoms with Gasteiger partial charge < -0.3 is 8.83 Å². The van der Waals surface area contributed by atoms with E-state index in [1.54, 1.807) is 11.3 Å². The van der Waals surface area contributed by atoms with Crippen molar-refractivity contribution in [3.05, 3.63) is 77.8 Å². The van der Waals surface area contributed by atoms with Crippen molar-refractivity contribution in [1.82, 2.24) is 4.98 Å². The summed E-state index contributed by atoms with van der Waals surface area (Å²) in [6, 6.07) is 24.2. The normalized spacial score (nSPS) is 12.2. The molecule has 0 spiro atoms. The number of rotatable bonds is 1. The van der Waals surface area contributed by atoms with Crippen LogP contribution in [0.15, 0.2) is 81.6 Å². The van der Waals surface area contributed by atoms with E-state index in [-0.39, 0.29) is 0 Å². The van der Waals surface area contributed by atoms with Crippen molar-refractivity contribution in [3.8, 4) is 10.6 Å². The van der Waals surface area contributed by atoms with Crippen LogP contribution in [-0.2, 0) is 0 Å². The first-order valence-corrected chi connectivity index (χ1v) is 10.8. The van der Waals surface area contributed by atoms with Gasteiger partial charge in [-0.05, 0) is 24.3 Å². The smallest absolute Gasteiger partial charge is 0.155 e. The SMILES string of the molecule is Clc1cc2nc(-c3cccc4oc5ccccc5c34)sc2c2c1oc1ccccc12. The first-order chi connectivity index (χ1) is 14.8. The van der Waals surface area contributed by atoms with Gasteiger partial charge in [0.2, 0.25) is 0 Å². The standard InChI is InChI=1S/C25H12ClNO2S/c26-16-12-17-24(22-14-7-2-4-10-19(14)29-23(16)22)30-25(27-17)15-8-5-11-20-21(15)13-6-1-3-9-18(13)28-20/h1-12H. The molecular weight excluding hydrogens is 414 g/mol. The van der Waals surface area contributed by atoms with E-state index in [4.69, 9.17) is 25.4 Å². The van der Waals surface area contributed by atoms with Gasteiger partial charge in [0.1, 0.15) is 21.8 Å². The van der Waals surface area contributed by atoms with E-state index >= 15 is 0 Å². The molecule has 0 amide bonds. The Morgan fingerprint density at radius 2 is 1.43 bits per heavy atom. The first kappa shape index (κ1) is 16.5. The number of hydrogen-bond donors (Lipinski definition) is 0. The van der Waals surface area contributed by atoms with Crippen LogP contribution >= 0.6 is 22.9 Å². The van der Waals surface area contributed by atoms with Gasteiger partial charge in [0, 0.05) is 27.1 Å². The van der Waals surface area contributed by atoms with E-state index in [0.717, 1.165) is 59.1 Å². The predicted molar refractivity (Wildman–Crippen MR) is 125 cm³/mol. The highest BCUT2D eigenvalue weighted by Crippen LogP contribution is 2.44. The molecule has 3 aromatic heterocycles. The number of fused-ring (bicyclic) bond motifs is 8. The Labute approximate surface area is 179 Å². The summed E-state index contributed by atoms with van der Waals surface area (Å²) in [5, 5.41) is 5.79. The minimum Gasteiger partial charge on any atom is -0.456 e. The Morgan fingerprint density at radius 1 is 0.733 bits per heavy atom. The Bertz CT molecular complexity index is 1770. The maximum Gasteiger partial charge on any atom is 0.155 e. The summed E-state index contributed by atoms with van der Waals surface area (Å²) in [5.41, 5.74) is 5.24. The van der Waals surface area contributed by atoms with E-state index in [9.17, 15) is 0 Å². The highest BCUT2D eigenvalue weighted by Gasteiger charge is 2.20. The molecule has 5 heteroatoms. The third kappa shape index (κ3) is 2.12. The van der Waals surface area contributed by atoms with Gasteiger partial charge in [-0.25, -0.2) is 4.98 Å². The molecule has 0 aliphatic heterocycles. The molecule has 3 nitrogen and oxygen atoms in total. The lowest BCUT2D eigenvalue weighted by molar-refractivity contribution is 0.669. The van der Waals surface area contributed by atoms with Crippen LogP contribution in [0.4, 0.5) is 0 Å². The number of hydrogen-bond acceptors (Lipinski definition) is 4. The molecular formula is C25H12ClNO2S. The quantitative estimate of drug-likeness (QED) is 0.265. The largest absolute Gasteiger partial charge is 0.456 e. The fourth-order valence-electron chi connectivity index (χ4n) is 4.30. The molecule has 30 heavy (non-hydrogen) atoms. The summed E-state index contributed by atoms with van der Waals surface area (Å²) in [6.07, 6.45) is 0. The van der Waals surface area contributed by atoms with E-state index in [0.29, 0.717) is 10.6 Å². The number of aromatic nitrogens is 1. The monoisotopic (exact) mass is 425 g/mol. The summed E-state index contributed by atoms with van der Waals surface area (Å²) in [5.74, 6) is 0. The topological polar surface area (TPSA) is 39.2 Å². The fourth-order valence-corrected chi connectivity index (χ4v) is 5.67. The van der Waals surface area contributed by atoms with Gasteiger partial charge in [-0.1, -0.05) is 60.1 Å². The molecule has 0 aliphatic rings. The Balaban J connectivity index is 1.61. The lowest BCUT2D eigenvalue weighted by Crippen LogP contribution is -1.78. The van der Waals surface area contributed by atoms with Crippen molar-refractivity contribution in [2.24, 2.45) is 0 Å². The van der Waals surface area contributed by atoms with Gasteiger partial charge in [-0.3, -0.25) is 0 Å². The van der Waals surface area contributed by atoms with Crippen molar-refractivity contribution in [1.29, 1.82) is 0 Å². The van der Waals surface area contributed by atoms with Gasteiger partial charge in [0.05, 0.1) is 15.2 Å². The lowest BCUT2D eigenvalue weighted by atomic mass is 10.1. The van der Waals surface area contributed by atoms with Crippen molar-refractivity contribution in [2.45, 2.75) is 0 Å². The van der Waals surface area contributed by atoms with Crippen LogP contribution in [0.2, 0.25) is 5.02 Å². The minimum absolute atomic E-state index is 0.581. The number of benzene rings is 4. The minimum atomic E-state index is 0.581. The van der Waals surface area contributed by atoms with Crippen LogP contribution in [0.1, 0.15) is 0 Å². The summed E-state index contributed by atoms with van der Waals surface area (Å²) in [6.45, 7) is 0. The van der Waals surface area contributed by atoms with Gasteiger partial charge in [0.15, 0.2) is 5.58 Å². The number of halogens is 1. The van der Waals surface area contributed by atoms with Crippen LogP contribution in [0.25, 0.3) is 64.7 Å². The molecule has 7 aromatic rings. The molecule has 142 valence electrons. The van der Waals surface area contributed by atoms with Crippen molar-refractivity contribution < 1.29 is 8.83 Å². The van der Waals surface area contributed by atoms with Crippen molar-refractivity contribution >= 4 is 77.0 Å². The summed E-state index contributed by atoms with van der Waals surface area (Å²) < 4.78 is 13.2. The summed E-state index contributed by atoms with van der Waals surface area (Å²) in [4.78, 5) is 4.97. The van der Waals surface area contributed by atoms with Crippen LogP contribution in [-0.4, -0.2) is 4.98 Å². The molecule has 4 aromatic carbocycles. The molecule has 0 saturated carbocycles. The van der Waals surface area contributed by atoms with Gasteiger partial charge in [-0.15, -0.1) is 11.3 Å². The maximum atomic E-state index is 6.57. The average Bonchev–Trinajstić information content (AvgIpc) is 3.46. The molecule has 0 atom stereocenters. The Kier molecular flexibility index (Phi) is 3.21. The zero-order valence-corrected chi connectivity index (χ0v) is 17.1. The van der Waals surface area contributed by atoms with Gasteiger partial charge >= 0.3 is 0 Å². The molecule has 0 radical (unpaired) electrons. The van der Waals surface area contributed by atoms with E-state index in [1.165, 1.54) is 0 Å². The third-order valence-electron chi connectivity index (χ3n) is 5.59. The van der Waals surface area contributed by atoms with Crippen molar-refractivity contribution in [3.63, 3.8) is 0 Å². The Morgan fingerprint density at radius 3 is 2.27 bits per heavy atom. The van der Waals surface area contributed by atoms with Gasteiger partial charge in [-0.2, -0.15) is 0 Å². The number of thiazole rings is 1. The van der Waals surface area contributed by atoms with Crippen LogP contribution < -0.4 is 0 Å². The average molecular weight is 426 g/mol. The molecule has 0 bridgehead atoms. The Hall–Kier alpha value is -3.34. The molecule has 0 N–H and O–H groups in total. The zero-order valence-electron chi connectivity index (χ0n) is 15.5. The maximum absolute atomic E-state index is 6.57. The number of furan rings is 2. The highest BCUT2D eigenvalue weighted by atomic mass is 35.5. The van der Waals surface area contributed by atoms with Crippen LogP contribution in [0.5, 0.6) is 0 Å². The number of nitrogens with zero attached hydrogens (tertiary/aromatic N) is 1. The second-order valence-electron chi connectivity index (χ2n) is 7.30. The van der Waals surface area contributed by atoms with Crippen LogP contribution in [0.3, 0.4) is 0 Å². The molecule has 0 fully saturated rings. The first-order valence-electron chi connectivity index (χ1n) is 9.59. The summed E-state index contributed by atoms with van der Waals surface area (Å²) >= 11 is 8.24. The van der Waals surface area contributed by atoms with Crippen LogP contribution in [0, 0.1) is 0 Å². The lowest BCUT2D eigenvalue weighted by Gasteiger charge is -1.98. The molecule has 0 unspecified atom stereocenters. The van der Waals surface area contributed by atoms with Crippen molar-refractivity contribution in [2.75, 3.05) is 0 Å². The third-order valence-corrected chi connectivity index (χ3v) is 6.99.